The van der Waals surface area contributed by atoms with Crippen LogP contribution in [0.4, 0.5) is 0 Å². The molecule has 0 saturated carbocycles. The largest absolute Gasteiger partial charge is 0.493 e. The highest BCUT2D eigenvalue weighted by molar-refractivity contribution is 5.87. The van der Waals surface area contributed by atoms with Crippen LogP contribution >= 0.6 is 0 Å². The van der Waals surface area contributed by atoms with Crippen molar-refractivity contribution in [1.29, 1.82) is 0 Å². The topological polar surface area (TPSA) is 73.3 Å². The van der Waals surface area contributed by atoms with Gasteiger partial charge in [0.15, 0.2) is 11.5 Å². The Labute approximate surface area is 182 Å². The van der Waals surface area contributed by atoms with Gasteiger partial charge in [0.05, 0.1) is 21.3 Å². The predicted molar refractivity (Wildman–Crippen MR) is 118 cm³/mol. The number of likely N-dealkylation sites (tertiary alicyclic amines) is 1. The molecule has 0 amide bonds. The van der Waals surface area contributed by atoms with Crippen LogP contribution in [0.3, 0.4) is 0 Å². The minimum absolute atomic E-state index is 0.262. The van der Waals surface area contributed by atoms with Crippen LogP contribution in [-0.4, -0.2) is 61.6 Å². The fourth-order valence-electron chi connectivity index (χ4n) is 4.14. The van der Waals surface area contributed by atoms with Crippen molar-refractivity contribution in [3.63, 3.8) is 0 Å². The number of rotatable bonds is 7. The van der Waals surface area contributed by atoms with E-state index >= 15 is 0 Å². The van der Waals surface area contributed by atoms with Crippen LogP contribution in [0.15, 0.2) is 48.8 Å². The highest BCUT2D eigenvalue weighted by atomic mass is 16.5. The van der Waals surface area contributed by atoms with Crippen LogP contribution in [0.5, 0.6) is 23.0 Å². The molecular weight excluding hydrogens is 396 g/mol. The van der Waals surface area contributed by atoms with E-state index in [0.29, 0.717) is 30.3 Å². The lowest BCUT2D eigenvalue weighted by Gasteiger charge is -2.36. The van der Waals surface area contributed by atoms with Crippen molar-refractivity contribution in [2.24, 2.45) is 0 Å². The monoisotopic (exact) mass is 424 g/mol. The molecular formula is C24H28N2O5. The van der Waals surface area contributed by atoms with E-state index in [4.69, 9.17) is 18.9 Å². The maximum Gasteiger partial charge on any atom is 0.203 e. The van der Waals surface area contributed by atoms with Crippen LogP contribution < -0.4 is 18.9 Å². The molecule has 31 heavy (non-hydrogen) atoms. The molecule has 164 valence electrons. The third kappa shape index (κ3) is 4.38. The lowest BCUT2D eigenvalue weighted by Crippen LogP contribution is -2.48. The van der Waals surface area contributed by atoms with Gasteiger partial charge < -0.3 is 24.1 Å². The molecule has 0 radical (unpaired) electrons. The molecule has 1 aromatic heterocycles. The number of fused-ring (bicyclic) bond motifs is 1. The van der Waals surface area contributed by atoms with E-state index in [1.165, 1.54) is 0 Å². The summed E-state index contributed by atoms with van der Waals surface area (Å²) in [6, 6.07) is 11.7. The standard InChI is InChI=1S/C24H28N2O5/c1-28-22-8-7-17(23(29-2)24(22)30-3)14-26-12-10-21(19(27)15-26)31-20-6-4-5-16-13-25-11-9-18(16)20/h4-9,11,13,19,21,27H,10,12,14-15H2,1-3H3/t19-,21-/m1/s1. The Balaban J connectivity index is 1.45. The summed E-state index contributed by atoms with van der Waals surface area (Å²) in [6.07, 6.45) is 3.43. The van der Waals surface area contributed by atoms with Crippen molar-refractivity contribution in [1.82, 2.24) is 9.88 Å². The van der Waals surface area contributed by atoms with Crippen LogP contribution in [0.1, 0.15) is 12.0 Å². The summed E-state index contributed by atoms with van der Waals surface area (Å²) in [5.74, 6) is 2.63. The molecule has 2 heterocycles. The van der Waals surface area contributed by atoms with E-state index in [-0.39, 0.29) is 6.10 Å². The maximum atomic E-state index is 10.8. The summed E-state index contributed by atoms with van der Waals surface area (Å²) >= 11 is 0. The molecule has 0 unspecified atom stereocenters. The van der Waals surface area contributed by atoms with Crippen molar-refractivity contribution in [3.05, 3.63) is 54.4 Å². The Morgan fingerprint density at radius 2 is 1.84 bits per heavy atom. The Bertz CT molecular complexity index is 1040. The zero-order valence-corrected chi connectivity index (χ0v) is 18.1. The number of aromatic nitrogens is 1. The van der Waals surface area contributed by atoms with Gasteiger partial charge in [-0.15, -0.1) is 0 Å². The molecule has 0 aliphatic carbocycles. The summed E-state index contributed by atoms with van der Waals surface area (Å²) in [4.78, 5) is 6.36. The van der Waals surface area contributed by atoms with Gasteiger partial charge in [0.2, 0.25) is 5.75 Å². The summed E-state index contributed by atoms with van der Waals surface area (Å²) < 4.78 is 22.7. The summed E-state index contributed by atoms with van der Waals surface area (Å²) in [5, 5.41) is 12.8. The number of piperidine rings is 1. The SMILES string of the molecule is COc1ccc(CN2CC[C@@H](Oc3cccc4cnccc34)[C@H](O)C2)c(OC)c1OC. The first-order valence-electron chi connectivity index (χ1n) is 10.3. The number of pyridine rings is 1. The number of β-amino-alcohol motifs (C(OH)–C–C–N with tert-alkyl or cyclic N) is 1. The van der Waals surface area contributed by atoms with Crippen molar-refractivity contribution < 1.29 is 24.1 Å². The average molecular weight is 424 g/mol. The van der Waals surface area contributed by atoms with Gasteiger partial charge in [-0.2, -0.15) is 0 Å². The lowest BCUT2D eigenvalue weighted by atomic mass is 10.0. The molecule has 4 rings (SSSR count). The molecule has 2 aromatic carbocycles. The van der Waals surface area contributed by atoms with Gasteiger partial charge >= 0.3 is 0 Å². The predicted octanol–water partition coefficient (Wildman–Crippen LogP) is 3.27. The van der Waals surface area contributed by atoms with E-state index in [2.05, 4.69) is 9.88 Å². The highest BCUT2D eigenvalue weighted by Crippen LogP contribution is 2.40. The van der Waals surface area contributed by atoms with Gasteiger partial charge in [-0.1, -0.05) is 18.2 Å². The summed E-state index contributed by atoms with van der Waals surface area (Å²) in [7, 11) is 4.82. The van der Waals surface area contributed by atoms with E-state index in [0.717, 1.165) is 35.1 Å². The van der Waals surface area contributed by atoms with Gasteiger partial charge in [-0.3, -0.25) is 9.88 Å². The van der Waals surface area contributed by atoms with Gasteiger partial charge in [0.25, 0.3) is 0 Å². The van der Waals surface area contributed by atoms with Crippen molar-refractivity contribution in [2.45, 2.75) is 25.2 Å². The van der Waals surface area contributed by atoms with Crippen molar-refractivity contribution in [2.75, 3.05) is 34.4 Å². The second-order valence-electron chi connectivity index (χ2n) is 7.59. The number of ether oxygens (including phenoxy) is 4. The minimum atomic E-state index is -0.600. The molecule has 1 aliphatic heterocycles. The second-order valence-corrected chi connectivity index (χ2v) is 7.59. The van der Waals surface area contributed by atoms with Gasteiger partial charge in [-0.25, -0.2) is 0 Å². The first kappa shape index (κ1) is 21.2. The van der Waals surface area contributed by atoms with Crippen LogP contribution in [0, 0.1) is 0 Å². The second kappa shape index (κ2) is 9.41. The third-order valence-corrected chi connectivity index (χ3v) is 5.70. The van der Waals surface area contributed by atoms with Gasteiger partial charge in [-0.05, 0) is 24.6 Å². The van der Waals surface area contributed by atoms with E-state index < -0.39 is 6.10 Å². The molecule has 1 aliphatic rings. The molecule has 7 nitrogen and oxygen atoms in total. The first-order chi connectivity index (χ1) is 15.1. The summed E-state index contributed by atoms with van der Waals surface area (Å²) in [6.45, 7) is 1.94. The highest BCUT2D eigenvalue weighted by Gasteiger charge is 2.30. The fourth-order valence-corrected chi connectivity index (χ4v) is 4.14. The molecule has 3 aromatic rings. The number of aliphatic hydroxyl groups excluding tert-OH is 1. The molecule has 0 spiro atoms. The number of aliphatic hydroxyl groups is 1. The zero-order valence-electron chi connectivity index (χ0n) is 18.1. The van der Waals surface area contributed by atoms with E-state index in [1.807, 2.05) is 42.6 Å². The zero-order chi connectivity index (χ0) is 21.8. The van der Waals surface area contributed by atoms with Crippen molar-refractivity contribution >= 4 is 10.8 Å². The molecule has 0 bridgehead atoms. The first-order valence-corrected chi connectivity index (χ1v) is 10.3. The quantitative estimate of drug-likeness (QED) is 0.624. The maximum absolute atomic E-state index is 10.8. The van der Waals surface area contributed by atoms with Crippen LogP contribution in [0.25, 0.3) is 10.8 Å². The average Bonchev–Trinajstić information content (AvgIpc) is 2.80. The molecule has 7 heteroatoms. The molecule has 1 N–H and O–H groups in total. The Morgan fingerprint density at radius 1 is 1.00 bits per heavy atom. The third-order valence-electron chi connectivity index (χ3n) is 5.70. The molecule has 1 fully saturated rings. The molecule has 2 atom stereocenters. The Kier molecular flexibility index (Phi) is 6.44. The van der Waals surface area contributed by atoms with Gasteiger partial charge in [0, 0.05) is 48.4 Å². The number of nitrogens with zero attached hydrogens (tertiary/aromatic N) is 2. The van der Waals surface area contributed by atoms with Crippen LogP contribution in [0.2, 0.25) is 0 Å². The number of hydrogen-bond acceptors (Lipinski definition) is 7. The van der Waals surface area contributed by atoms with E-state index in [9.17, 15) is 5.11 Å². The lowest BCUT2D eigenvalue weighted by molar-refractivity contribution is -0.0270. The number of methoxy groups -OCH3 is 3. The Morgan fingerprint density at radius 3 is 2.58 bits per heavy atom. The van der Waals surface area contributed by atoms with Gasteiger partial charge in [0.1, 0.15) is 18.0 Å². The number of benzene rings is 2. The van der Waals surface area contributed by atoms with Crippen LogP contribution in [-0.2, 0) is 6.54 Å². The fraction of sp³-hybridized carbons (Fsp3) is 0.375. The molecule has 1 saturated heterocycles. The smallest absolute Gasteiger partial charge is 0.203 e. The summed E-state index contributed by atoms with van der Waals surface area (Å²) in [5.41, 5.74) is 0.980. The normalized spacial score (nSPS) is 19.2. The number of hydrogen-bond donors (Lipinski definition) is 1. The Hall–Kier alpha value is -3.03. The minimum Gasteiger partial charge on any atom is -0.493 e. The van der Waals surface area contributed by atoms with E-state index in [1.54, 1.807) is 27.5 Å². The van der Waals surface area contributed by atoms with Crippen molar-refractivity contribution in [3.8, 4) is 23.0 Å².